The third-order valence-corrected chi connectivity index (χ3v) is 7.56. The fraction of sp³-hybridized carbons (Fsp3) is 0.720. The number of rotatable bonds is 5. The van der Waals surface area contributed by atoms with Crippen molar-refractivity contribution in [3.8, 4) is 0 Å². The van der Waals surface area contributed by atoms with Gasteiger partial charge in [0.1, 0.15) is 0 Å². The Hall–Kier alpha value is -1.55. The molecule has 4 heteroatoms. The second-order valence-electron chi connectivity index (χ2n) is 9.38. The maximum Gasteiger partial charge on any atom is 0.329 e. The van der Waals surface area contributed by atoms with E-state index in [-0.39, 0.29) is 5.69 Å². The standard InChI is InChI=1S/C25H39N3O/c1-3-21-19-26(18-20-12-8-6-5-7-9-13-20)17-16-22(21)28-24-15-11-10-14-23(24)27(4-2)25(28)29/h10-11,14-15,20-22H,3-9,12-13,16-19H2,1-2H3. The van der Waals surface area contributed by atoms with Gasteiger partial charge < -0.3 is 4.90 Å². The predicted octanol–water partition coefficient (Wildman–Crippen LogP) is 5.46. The molecular formula is C25H39N3O. The number of aryl methyl sites for hydroxylation is 1. The van der Waals surface area contributed by atoms with Crippen molar-refractivity contribution in [1.29, 1.82) is 0 Å². The van der Waals surface area contributed by atoms with E-state index in [1.165, 1.54) is 51.5 Å². The van der Waals surface area contributed by atoms with E-state index in [0.29, 0.717) is 12.0 Å². The molecule has 29 heavy (non-hydrogen) atoms. The number of imidazole rings is 1. The van der Waals surface area contributed by atoms with Crippen molar-refractivity contribution in [1.82, 2.24) is 14.0 Å². The van der Waals surface area contributed by atoms with Crippen molar-refractivity contribution in [3.05, 3.63) is 34.7 Å². The third-order valence-electron chi connectivity index (χ3n) is 7.56. The van der Waals surface area contributed by atoms with Crippen molar-refractivity contribution in [2.24, 2.45) is 11.8 Å². The van der Waals surface area contributed by atoms with E-state index in [2.05, 4.69) is 41.5 Å². The Morgan fingerprint density at radius 3 is 2.31 bits per heavy atom. The Balaban J connectivity index is 1.52. The van der Waals surface area contributed by atoms with Crippen molar-refractivity contribution < 1.29 is 0 Å². The average Bonchev–Trinajstić information content (AvgIpc) is 3.00. The van der Waals surface area contributed by atoms with E-state index >= 15 is 0 Å². The first kappa shape index (κ1) is 20.7. The molecule has 1 saturated carbocycles. The Morgan fingerprint density at radius 1 is 0.931 bits per heavy atom. The number of para-hydroxylation sites is 2. The summed E-state index contributed by atoms with van der Waals surface area (Å²) < 4.78 is 4.09. The van der Waals surface area contributed by atoms with Crippen LogP contribution in [-0.2, 0) is 6.54 Å². The molecule has 1 aromatic carbocycles. The van der Waals surface area contributed by atoms with Gasteiger partial charge in [-0.15, -0.1) is 0 Å². The molecule has 0 bridgehead atoms. The fourth-order valence-corrected chi connectivity index (χ4v) is 5.95. The topological polar surface area (TPSA) is 30.2 Å². The van der Waals surface area contributed by atoms with Crippen LogP contribution in [0.15, 0.2) is 29.1 Å². The van der Waals surface area contributed by atoms with Crippen molar-refractivity contribution >= 4 is 11.0 Å². The summed E-state index contributed by atoms with van der Waals surface area (Å²) in [4.78, 5) is 16.0. The van der Waals surface area contributed by atoms with Crippen molar-refractivity contribution in [2.45, 2.75) is 84.2 Å². The molecule has 4 nitrogen and oxygen atoms in total. The van der Waals surface area contributed by atoms with Gasteiger partial charge in [-0.2, -0.15) is 0 Å². The average molecular weight is 398 g/mol. The van der Waals surface area contributed by atoms with E-state index in [1.54, 1.807) is 0 Å². The van der Waals surface area contributed by atoms with Gasteiger partial charge in [0.25, 0.3) is 0 Å². The quantitative estimate of drug-likeness (QED) is 0.671. The summed E-state index contributed by atoms with van der Waals surface area (Å²) in [7, 11) is 0. The van der Waals surface area contributed by atoms with Gasteiger partial charge in [-0.05, 0) is 50.2 Å². The lowest BCUT2D eigenvalue weighted by Crippen LogP contribution is -2.45. The molecule has 2 unspecified atom stereocenters. The molecule has 0 amide bonds. The van der Waals surface area contributed by atoms with Crippen LogP contribution < -0.4 is 5.69 Å². The van der Waals surface area contributed by atoms with Crippen LogP contribution in [0.4, 0.5) is 0 Å². The first-order valence-corrected chi connectivity index (χ1v) is 12.1. The Bertz CT molecular complexity index is 843. The molecule has 1 aliphatic carbocycles. The lowest BCUT2D eigenvalue weighted by Gasteiger charge is -2.40. The number of fused-ring (bicyclic) bond motifs is 1. The van der Waals surface area contributed by atoms with Gasteiger partial charge in [0.05, 0.1) is 11.0 Å². The van der Waals surface area contributed by atoms with Crippen LogP contribution in [0.2, 0.25) is 0 Å². The Kier molecular flexibility index (Phi) is 6.79. The Labute approximate surface area is 175 Å². The van der Waals surface area contributed by atoms with E-state index in [1.807, 2.05) is 10.6 Å². The van der Waals surface area contributed by atoms with Crippen molar-refractivity contribution in [3.63, 3.8) is 0 Å². The predicted molar refractivity (Wildman–Crippen MR) is 122 cm³/mol. The Morgan fingerprint density at radius 2 is 1.62 bits per heavy atom. The van der Waals surface area contributed by atoms with Gasteiger partial charge in [0.15, 0.2) is 0 Å². The highest BCUT2D eigenvalue weighted by atomic mass is 16.1. The van der Waals surface area contributed by atoms with E-state index in [4.69, 9.17) is 0 Å². The van der Waals surface area contributed by atoms with E-state index in [0.717, 1.165) is 49.4 Å². The van der Waals surface area contributed by atoms with Crippen LogP contribution in [0.5, 0.6) is 0 Å². The highest BCUT2D eigenvalue weighted by Gasteiger charge is 2.32. The maximum absolute atomic E-state index is 13.3. The highest BCUT2D eigenvalue weighted by molar-refractivity contribution is 5.76. The van der Waals surface area contributed by atoms with Crippen LogP contribution in [0.25, 0.3) is 11.0 Å². The van der Waals surface area contributed by atoms with Crippen LogP contribution in [-0.4, -0.2) is 33.7 Å². The van der Waals surface area contributed by atoms with Crippen LogP contribution in [0, 0.1) is 11.8 Å². The zero-order valence-electron chi connectivity index (χ0n) is 18.5. The van der Waals surface area contributed by atoms with Crippen LogP contribution in [0.3, 0.4) is 0 Å². The number of hydrogen-bond donors (Lipinski definition) is 0. The monoisotopic (exact) mass is 397 g/mol. The SMILES string of the molecule is CCC1CN(CC2CCCCCCC2)CCC1n1c(=O)n(CC)c2ccccc21. The lowest BCUT2D eigenvalue weighted by atomic mass is 9.87. The minimum Gasteiger partial charge on any atom is -0.303 e. The molecule has 2 aliphatic rings. The third kappa shape index (κ3) is 4.33. The molecule has 2 heterocycles. The number of nitrogens with zero attached hydrogens (tertiary/aromatic N) is 3. The van der Waals surface area contributed by atoms with Crippen LogP contribution in [0.1, 0.15) is 77.7 Å². The molecular weight excluding hydrogens is 358 g/mol. The largest absolute Gasteiger partial charge is 0.329 e. The van der Waals surface area contributed by atoms with Gasteiger partial charge in [0.2, 0.25) is 0 Å². The molecule has 0 spiro atoms. The summed E-state index contributed by atoms with van der Waals surface area (Å²) in [6, 6.07) is 8.69. The molecule has 2 atom stereocenters. The second-order valence-corrected chi connectivity index (χ2v) is 9.38. The molecule has 2 aromatic rings. The summed E-state index contributed by atoms with van der Waals surface area (Å²) in [6.45, 7) is 8.68. The molecule has 0 radical (unpaired) electrons. The molecule has 1 aromatic heterocycles. The van der Waals surface area contributed by atoms with Gasteiger partial charge in [-0.1, -0.05) is 57.6 Å². The molecule has 2 fully saturated rings. The zero-order chi connectivity index (χ0) is 20.2. The number of likely N-dealkylation sites (tertiary alicyclic amines) is 1. The van der Waals surface area contributed by atoms with Gasteiger partial charge in [-0.3, -0.25) is 9.13 Å². The first-order chi connectivity index (χ1) is 14.2. The van der Waals surface area contributed by atoms with Crippen LogP contribution >= 0.6 is 0 Å². The summed E-state index contributed by atoms with van der Waals surface area (Å²) >= 11 is 0. The number of benzene rings is 1. The fourth-order valence-electron chi connectivity index (χ4n) is 5.95. The molecule has 1 aliphatic heterocycles. The molecule has 160 valence electrons. The van der Waals surface area contributed by atoms with Gasteiger partial charge in [0, 0.05) is 32.2 Å². The minimum atomic E-state index is 0.186. The smallest absolute Gasteiger partial charge is 0.303 e. The summed E-state index contributed by atoms with van der Waals surface area (Å²) in [5.41, 5.74) is 2.40. The van der Waals surface area contributed by atoms with E-state index in [9.17, 15) is 4.79 Å². The van der Waals surface area contributed by atoms with Gasteiger partial charge >= 0.3 is 5.69 Å². The highest BCUT2D eigenvalue weighted by Crippen LogP contribution is 2.33. The summed E-state index contributed by atoms with van der Waals surface area (Å²) in [6.07, 6.45) is 12.2. The zero-order valence-corrected chi connectivity index (χ0v) is 18.5. The molecule has 4 rings (SSSR count). The lowest BCUT2D eigenvalue weighted by molar-refractivity contribution is 0.0994. The van der Waals surface area contributed by atoms with Gasteiger partial charge in [-0.25, -0.2) is 4.79 Å². The van der Waals surface area contributed by atoms with E-state index < -0.39 is 0 Å². The van der Waals surface area contributed by atoms with Crippen molar-refractivity contribution in [2.75, 3.05) is 19.6 Å². The minimum absolute atomic E-state index is 0.186. The first-order valence-electron chi connectivity index (χ1n) is 12.1. The summed E-state index contributed by atoms with van der Waals surface area (Å²) in [5, 5.41) is 0. The summed E-state index contributed by atoms with van der Waals surface area (Å²) in [5.74, 6) is 1.44. The number of hydrogen-bond acceptors (Lipinski definition) is 2. The second kappa shape index (κ2) is 9.51. The molecule has 0 N–H and O–H groups in total. The normalized spacial score (nSPS) is 25.2. The molecule has 1 saturated heterocycles. The number of aromatic nitrogens is 2. The number of piperidine rings is 1. The maximum atomic E-state index is 13.3.